The molecule has 0 spiro atoms. The number of allylic oxidation sites excluding steroid dienone is 10. The van der Waals surface area contributed by atoms with Crippen molar-refractivity contribution in [2.75, 3.05) is 13.2 Å². The van der Waals surface area contributed by atoms with Gasteiger partial charge in [-0.1, -0.05) is 274 Å². The Morgan fingerprint density at radius 3 is 0.878 bits per heavy atom. The van der Waals surface area contributed by atoms with Gasteiger partial charge in [0.15, 0.2) is 6.10 Å². The van der Waals surface area contributed by atoms with Gasteiger partial charge in [-0.25, -0.2) is 0 Å². The molecule has 0 radical (unpaired) electrons. The highest BCUT2D eigenvalue weighted by Gasteiger charge is 2.19. The van der Waals surface area contributed by atoms with E-state index in [4.69, 9.17) is 14.2 Å². The first-order valence-corrected chi connectivity index (χ1v) is 32.3. The molecule has 6 heteroatoms. The molecule has 0 aromatic rings. The molecule has 0 aliphatic rings. The fraction of sp³-hybridized carbons (Fsp3) is 0.809. The summed E-state index contributed by atoms with van der Waals surface area (Å²) in [6, 6.07) is 0. The van der Waals surface area contributed by atoms with E-state index in [1.165, 1.54) is 205 Å². The fourth-order valence-corrected chi connectivity index (χ4v) is 9.39. The van der Waals surface area contributed by atoms with Gasteiger partial charge in [0.2, 0.25) is 0 Å². The van der Waals surface area contributed by atoms with Crippen molar-refractivity contribution in [1.82, 2.24) is 0 Å². The minimum Gasteiger partial charge on any atom is -0.462 e. The summed E-state index contributed by atoms with van der Waals surface area (Å²) in [4.78, 5) is 38.1. The molecule has 0 saturated carbocycles. The summed E-state index contributed by atoms with van der Waals surface area (Å²) >= 11 is 0. The maximum atomic E-state index is 12.8. The molecule has 6 nitrogen and oxygen atoms in total. The molecule has 0 saturated heterocycles. The van der Waals surface area contributed by atoms with Crippen LogP contribution in [0.5, 0.6) is 0 Å². The van der Waals surface area contributed by atoms with Crippen molar-refractivity contribution in [3.63, 3.8) is 0 Å². The zero-order valence-corrected chi connectivity index (χ0v) is 49.4. The number of unbranched alkanes of at least 4 members (excludes halogenated alkanes) is 38. The van der Waals surface area contributed by atoms with Crippen LogP contribution in [-0.2, 0) is 28.6 Å². The molecule has 0 bridgehead atoms. The molecule has 1 atom stereocenters. The van der Waals surface area contributed by atoms with Crippen molar-refractivity contribution in [3.8, 4) is 0 Å². The zero-order chi connectivity index (χ0) is 53.6. The number of esters is 3. The molecule has 74 heavy (non-hydrogen) atoms. The Morgan fingerprint density at radius 1 is 0.284 bits per heavy atom. The van der Waals surface area contributed by atoms with Crippen LogP contribution in [0.3, 0.4) is 0 Å². The van der Waals surface area contributed by atoms with E-state index in [0.29, 0.717) is 19.3 Å². The third-order valence-corrected chi connectivity index (χ3v) is 14.2. The maximum Gasteiger partial charge on any atom is 0.306 e. The predicted molar refractivity (Wildman–Crippen MR) is 321 cm³/mol. The SMILES string of the molecule is CC/C=C\C/C=C\C/C=C\CCCCCC(=O)OC(COC(=O)CCCCCCC/C=C\CCCCC)COC(=O)CCCCCCCCCCCCCCCCCCCCC/C=C\CCCCCCCCCC. The van der Waals surface area contributed by atoms with Crippen LogP contribution in [-0.4, -0.2) is 37.2 Å². The van der Waals surface area contributed by atoms with E-state index in [0.717, 1.165) is 89.9 Å². The quantitative estimate of drug-likeness (QED) is 0.0261. The molecule has 1 unspecified atom stereocenters. The Hall–Kier alpha value is -2.89. The average molecular weight is 1040 g/mol. The topological polar surface area (TPSA) is 78.9 Å². The normalized spacial score (nSPS) is 12.4. The first kappa shape index (κ1) is 71.1. The van der Waals surface area contributed by atoms with Gasteiger partial charge in [0.1, 0.15) is 13.2 Å². The highest BCUT2D eigenvalue weighted by atomic mass is 16.6. The van der Waals surface area contributed by atoms with Crippen molar-refractivity contribution in [3.05, 3.63) is 60.8 Å². The summed E-state index contributed by atoms with van der Waals surface area (Å²) < 4.78 is 16.8. The third kappa shape index (κ3) is 60.0. The lowest BCUT2D eigenvalue weighted by molar-refractivity contribution is -0.167. The smallest absolute Gasteiger partial charge is 0.306 e. The molecule has 430 valence electrons. The van der Waals surface area contributed by atoms with E-state index < -0.39 is 6.10 Å². The number of rotatable bonds is 59. The van der Waals surface area contributed by atoms with Gasteiger partial charge in [-0.3, -0.25) is 14.4 Å². The van der Waals surface area contributed by atoms with Crippen LogP contribution in [0.25, 0.3) is 0 Å². The van der Waals surface area contributed by atoms with E-state index >= 15 is 0 Å². The molecular formula is C68H122O6. The second-order valence-electron chi connectivity index (χ2n) is 21.6. The summed E-state index contributed by atoms with van der Waals surface area (Å²) in [6.07, 6.45) is 79.8. The minimum atomic E-state index is -0.791. The largest absolute Gasteiger partial charge is 0.462 e. The molecule has 0 heterocycles. The summed E-state index contributed by atoms with van der Waals surface area (Å²) in [6.45, 7) is 6.50. The second-order valence-corrected chi connectivity index (χ2v) is 21.6. The highest BCUT2D eigenvalue weighted by Crippen LogP contribution is 2.17. The summed E-state index contributed by atoms with van der Waals surface area (Å²) in [5.41, 5.74) is 0. The van der Waals surface area contributed by atoms with E-state index in [1.807, 2.05) is 0 Å². The average Bonchev–Trinajstić information content (AvgIpc) is 3.40. The van der Waals surface area contributed by atoms with Crippen molar-refractivity contribution < 1.29 is 28.6 Å². The van der Waals surface area contributed by atoms with E-state index in [2.05, 4.69) is 81.5 Å². The van der Waals surface area contributed by atoms with Crippen LogP contribution in [0, 0.1) is 0 Å². The Kier molecular flexibility index (Phi) is 60.2. The predicted octanol–water partition coefficient (Wildman–Crippen LogP) is 21.9. The number of hydrogen-bond donors (Lipinski definition) is 0. The first-order chi connectivity index (χ1) is 36.5. The summed E-state index contributed by atoms with van der Waals surface area (Å²) in [5, 5.41) is 0. The van der Waals surface area contributed by atoms with Crippen LogP contribution < -0.4 is 0 Å². The molecule has 0 aliphatic carbocycles. The third-order valence-electron chi connectivity index (χ3n) is 14.2. The van der Waals surface area contributed by atoms with E-state index in [9.17, 15) is 14.4 Å². The fourth-order valence-electron chi connectivity index (χ4n) is 9.39. The molecule has 0 amide bonds. The van der Waals surface area contributed by atoms with Gasteiger partial charge in [0, 0.05) is 19.3 Å². The molecular weight excluding hydrogens is 913 g/mol. The van der Waals surface area contributed by atoms with Crippen LogP contribution >= 0.6 is 0 Å². The summed E-state index contributed by atoms with van der Waals surface area (Å²) in [5.74, 6) is -0.912. The van der Waals surface area contributed by atoms with Gasteiger partial charge < -0.3 is 14.2 Å². The van der Waals surface area contributed by atoms with Gasteiger partial charge in [-0.2, -0.15) is 0 Å². The molecule has 0 fully saturated rings. The number of ether oxygens (including phenoxy) is 3. The highest BCUT2D eigenvalue weighted by molar-refractivity contribution is 5.71. The van der Waals surface area contributed by atoms with Gasteiger partial charge in [-0.05, 0) is 103 Å². The standard InChI is InChI=1S/C68H122O6/c1-4-7-10-13-16-19-22-25-26-27-28-29-30-31-32-33-34-35-36-37-38-39-40-41-42-44-46-49-52-55-58-61-67(70)73-64-65(63-72-66(69)60-57-54-51-48-45-24-21-18-15-12-9-6-3)74-68(71)62-59-56-53-50-47-43-23-20-17-14-11-8-5-2/h8,11,17-18,20-21,27-28,43,47,65H,4-7,9-10,12-16,19,22-26,29-42,44-46,48-64H2,1-3H3/b11-8-,20-17-,21-18-,28-27-,47-43-. The molecule has 0 rings (SSSR count). The van der Waals surface area contributed by atoms with Crippen molar-refractivity contribution in [2.24, 2.45) is 0 Å². The number of carbonyl (C=O) groups excluding carboxylic acids is 3. The Balaban J connectivity index is 4.10. The van der Waals surface area contributed by atoms with Crippen LogP contribution in [0.2, 0.25) is 0 Å². The van der Waals surface area contributed by atoms with Crippen molar-refractivity contribution >= 4 is 17.9 Å². The second kappa shape index (κ2) is 62.6. The van der Waals surface area contributed by atoms with Gasteiger partial charge in [0.25, 0.3) is 0 Å². The Morgan fingerprint density at radius 2 is 0.527 bits per heavy atom. The molecule has 0 N–H and O–H groups in total. The molecule has 0 aromatic heterocycles. The van der Waals surface area contributed by atoms with Crippen LogP contribution in [0.4, 0.5) is 0 Å². The van der Waals surface area contributed by atoms with E-state index in [1.54, 1.807) is 0 Å². The monoisotopic (exact) mass is 1030 g/mol. The van der Waals surface area contributed by atoms with Gasteiger partial charge >= 0.3 is 17.9 Å². The first-order valence-electron chi connectivity index (χ1n) is 32.3. The maximum absolute atomic E-state index is 12.8. The lowest BCUT2D eigenvalue weighted by atomic mass is 10.0. The number of hydrogen-bond acceptors (Lipinski definition) is 6. The lowest BCUT2D eigenvalue weighted by Crippen LogP contribution is -2.30. The van der Waals surface area contributed by atoms with Crippen LogP contribution in [0.15, 0.2) is 60.8 Å². The Labute approximate surface area is 460 Å². The molecule has 0 aliphatic heterocycles. The van der Waals surface area contributed by atoms with Crippen molar-refractivity contribution in [1.29, 1.82) is 0 Å². The van der Waals surface area contributed by atoms with Crippen LogP contribution in [0.1, 0.15) is 335 Å². The van der Waals surface area contributed by atoms with Crippen molar-refractivity contribution in [2.45, 2.75) is 341 Å². The van der Waals surface area contributed by atoms with E-state index in [-0.39, 0.29) is 31.1 Å². The lowest BCUT2D eigenvalue weighted by Gasteiger charge is -2.18. The van der Waals surface area contributed by atoms with Gasteiger partial charge in [0.05, 0.1) is 0 Å². The minimum absolute atomic E-state index is 0.0862. The molecule has 0 aromatic carbocycles. The zero-order valence-electron chi connectivity index (χ0n) is 49.4. The van der Waals surface area contributed by atoms with Gasteiger partial charge in [-0.15, -0.1) is 0 Å². The summed E-state index contributed by atoms with van der Waals surface area (Å²) in [7, 11) is 0. The number of carbonyl (C=O) groups is 3. The Bertz CT molecular complexity index is 1330.